The standard InChI is InChI=1S/C15H18N4O2/c20-15(21)14-10-19(18-17-14)9-8-16-13-7-3-5-11-4-1-2-6-12(11)13/h1-2,4,6,10,13,16H,3,5,7-9H2,(H,20,21). The normalized spacial score (nSPS) is 17.4. The Kier molecular flexibility index (Phi) is 3.96. The van der Waals surface area contributed by atoms with Crippen LogP contribution < -0.4 is 5.32 Å². The summed E-state index contributed by atoms with van der Waals surface area (Å²) in [6.45, 7) is 1.35. The highest BCUT2D eigenvalue weighted by atomic mass is 16.4. The van der Waals surface area contributed by atoms with E-state index in [2.05, 4.69) is 39.9 Å². The maximum absolute atomic E-state index is 10.7. The van der Waals surface area contributed by atoms with Crippen LogP contribution in [0.25, 0.3) is 0 Å². The smallest absolute Gasteiger partial charge is 0.358 e. The molecule has 1 atom stereocenters. The number of fused-ring (bicyclic) bond motifs is 1. The quantitative estimate of drug-likeness (QED) is 0.873. The maximum Gasteiger partial charge on any atom is 0.358 e. The third-order valence-electron chi connectivity index (χ3n) is 3.86. The van der Waals surface area contributed by atoms with Gasteiger partial charge in [0.15, 0.2) is 5.69 Å². The van der Waals surface area contributed by atoms with Crippen LogP contribution in [0.15, 0.2) is 30.5 Å². The highest BCUT2D eigenvalue weighted by Crippen LogP contribution is 2.29. The number of nitrogens with one attached hydrogen (secondary N) is 1. The molecule has 0 saturated carbocycles. The van der Waals surface area contributed by atoms with Gasteiger partial charge in [0, 0.05) is 12.6 Å². The van der Waals surface area contributed by atoms with Crippen LogP contribution in [0, 0.1) is 0 Å². The Morgan fingerprint density at radius 1 is 1.43 bits per heavy atom. The molecule has 0 radical (unpaired) electrons. The number of carbonyl (C=O) groups is 1. The first-order chi connectivity index (χ1) is 10.2. The molecule has 1 unspecified atom stereocenters. The Labute approximate surface area is 122 Å². The van der Waals surface area contributed by atoms with Gasteiger partial charge in [-0.2, -0.15) is 0 Å². The van der Waals surface area contributed by atoms with E-state index in [0.29, 0.717) is 12.6 Å². The fourth-order valence-electron chi connectivity index (χ4n) is 2.82. The van der Waals surface area contributed by atoms with Crippen LogP contribution in [0.2, 0.25) is 0 Å². The number of aromatic carboxylic acids is 1. The molecule has 0 aliphatic heterocycles. The van der Waals surface area contributed by atoms with Crippen molar-refractivity contribution in [2.75, 3.05) is 6.54 Å². The molecule has 6 heteroatoms. The van der Waals surface area contributed by atoms with Crippen LogP contribution in [0.1, 0.15) is 40.5 Å². The Balaban J connectivity index is 1.57. The molecule has 110 valence electrons. The molecule has 1 aromatic heterocycles. The molecular formula is C15H18N4O2. The van der Waals surface area contributed by atoms with E-state index < -0.39 is 5.97 Å². The average Bonchev–Trinajstić information content (AvgIpc) is 2.97. The molecule has 1 aliphatic carbocycles. The van der Waals surface area contributed by atoms with Crippen molar-refractivity contribution < 1.29 is 9.90 Å². The molecule has 2 aromatic rings. The van der Waals surface area contributed by atoms with Gasteiger partial charge in [0.05, 0.1) is 12.7 Å². The molecule has 6 nitrogen and oxygen atoms in total. The summed E-state index contributed by atoms with van der Waals surface area (Å²) in [6, 6.07) is 8.92. The highest BCUT2D eigenvalue weighted by molar-refractivity contribution is 5.84. The van der Waals surface area contributed by atoms with Crippen LogP contribution >= 0.6 is 0 Å². The Morgan fingerprint density at radius 3 is 3.10 bits per heavy atom. The fraction of sp³-hybridized carbons (Fsp3) is 0.400. The molecule has 1 heterocycles. The van der Waals surface area contributed by atoms with Gasteiger partial charge in [-0.05, 0) is 30.4 Å². The summed E-state index contributed by atoms with van der Waals surface area (Å²) >= 11 is 0. The zero-order valence-corrected chi connectivity index (χ0v) is 11.7. The van der Waals surface area contributed by atoms with Crippen LogP contribution in [0.3, 0.4) is 0 Å². The van der Waals surface area contributed by atoms with Crippen molar-refractivity contribution in [3.05, 3.63) is 47.3 Å². The Morgan fingerprint density at radius 2 is 2.29 bits per heavy atom. The third kappa shape index (κ3) is 3.11. The predicted molar refractivity (Wildman–Crippen MR) is 77.1 cm³/mol. The largest absolute Gasteiger partial charge is 0.476 e. The van der Waals surface area contributed by atoms with E-state index in [-0.39, 0.29) is 5.69 Å². The van der Waals surface area contributed by atoms with Crippen LogP contribution in [-0.4, -0.2) is 32.6 Å². The molecule has 21 heavy (non-hydrogen) atoms. The summed E-state index contributed by atoms with van der Waals surface area (Å²) in [6.07, 6.45) is 4.94. The van der Waals surface area contributed by atoms with E-state index in [1.165, 1.54) is 23.7 Å². The fourth-order valence-corrected chi connectivity index (χ4v) is 2.82. The molecule has 0 bridgehead atoms. The number of nitrogens with zero attached hydrogens (tertiary/aromatic N) is 3. The van der Waals surface area contributed by atoms with Gasteiger partial charge in [-0.3, -0.25) is 4.68 Å². The van der Waals surface area contributed by atoms with E-state index in [1.807, 2.05) is 0 Å². The summed E-state index contributed by atoms with van der Waals surface area (Å²) in [5.41, 5.74) is 2.79. The number of rotatable bonds is 5. The lowest BCUT2D eigenvalue weighted by molar-refractivity contribution is 0.0690. The minimum atomic E-state index is -1.05. The molecule has 0 saturated heterocycles. The second-order valence-electron chi connectivity index (χ2n) is 5.27. The number of aromatic nitrogens is 3. The van der Waals surface area contributed by atoms with Crippen molar-refractivity contribution in [1.29, 1.82) is 0 Å². The number of benzene rings is 1. The van der Waals surface area contributed by atoms with Crippen LogP contribution in [-0.2, 0) is 13.0 Å². The van der Waals surface area contributed by atoms with Gasteiger partial charge in [0.25, 0.3) is 0 Å². The van der Waals surface area contributed by atoms with Gasteiger partial charge in [0.1, 0.15) is 0 Å². The van der Waals surface area contributed by atoms with E-state index in [4.69, 9.17) is 5.11 Å². The minimum absolute atomic E-state index is 0.0157. The first-order valence-corrected chi connectivity index (χ1v) is 7.18. The summed E-state index contributed by atoms with van der Waals surface area (Å²) in [5, 5.41) is 19.7. The molecule has 1 aliphatic rings. The molecule has 0 spiro atoms. The van der Waals surface area contributed by atoms with Crippen molar-refractivity contribution in [2.45, 2.75) is 31.8 Å². The van der Waals surface area contributed by atoms with Gasteiger partial charge >= 0.3 is 5.97 Å². The summed E-state index contributed by atoms with van der Waals surface area (Å²) < 4.78 is 1.56. The number of aryl methyl sites for hydroxylation is 1. The van der Waals surface area contributed by atoms with Crippen molar-refractivity contribution in [3.8, 4) is 0 Å². The van der Waals surface area contributed by atoms with Gasteiger partial charge in [-0.25, -0.2) is 4.79 Å². The van der Waals surface area contributed by atoms with Crippen molar-refractivity contribution in [3.63, 3.8) is 0 Å². The summed E-state index contributed by atoms with van der Waals surface area (Å²) in [5.74, 6) is -1.05. The molecule has 0 fully saturated rings. The van der Waals surface area contributed by atoms with Crippen LogP contribution in [0.5, 0.6) is 0 Å². The van der Waals surface area contributed by atoms with E-state index in [9.17, 15) is 4.79 Å². The van der Waals surface area contributed by atoms with E-state index in [1.54, 1.807) is 4.68 Å². The van der Waals surface area contributed by atoms with E-state index in [0.717, 1.165) is 19.4 Å². The average molecular weight is 286 g/mol. The summed E-state index contributed by atoms with van der Waals surface area (Å²) in [4.78, 5) is 10.7. The van der Waals surface area contributed by atoms with Gasteiger partial charge in [-0.15, -0.1) is 5.10 Å². The first kappa shape index (κ1) is 13.8. The van der Waals surface area contributed by atoms with Gasteiger partial charge < -0.3 is 10.4 Å². The second kappa shape index (κ2) is 6.05. The van der Waals surface area contributed by atoms with Gasteiger partial charge in [-0.1, -0.05) is 29.5 Å². The van der Waals surface area contributed by atoms with E-state index >= 15 is 0 Å². The van der Waals surface area contributed by atoms with Crippen LogP contribution in [0.4, 0.5) is 0 Å². The predicted octanol–water partition coefficient (Wildman–Crippen LogP) is 1.64. The van der Waals surface area contributed by atoms with Crippen molar-refractivity contribution >= 4 is 5.97 Å². The number of hydrogen-bond donors (Lipinski definition) is 2. The molecule has 1 aromatic carbocycles. The zero-order chi connectivity index (χ0) is 14.7. The van der Waals surface area contributed by atoms with Gasteiger partial charge in [0.2, 0.25) is 0 Å². The Bertz CT molecular complexity index is 638. The first-order valence-electron chi connectivity index (χ1n) is 7.18. The second-order valence-corrected chi connectivity index (χ2v) is 5.27. The van der Waals surface area contributed by atoms with Crippen molar-refractivity contribution in [1.82, 2.24) is 20.3 Å². The zero-order valence-electron chi connectivity index (χ0n) is 11.7. The third-order valence-corrected chi connectivity index (χ3v) is 3.86. The molecule has 0 amide bonds. The lowest BCUT2D eigenvalue weighted by atomic mass is 9.88. The number of carboxylic acids is 1. The highest BCUT2D eigenvalue weighted by Gasteiger charge is 2.18. The lowest BCUT2D eigenvalue weighted by Crippen LogP contribution is -2.28. The summed E-state index contributed by atoms with van der Waals surface area (Å²) in [7, 11) is 0. The SMILES string of the molecule is O=C(O)c1cn(CCNC2CCCc3ccccc32)nn1. The van der Waals surface area contributed by atoms with Crippen molar-refractivity contribution in [2.24, 2.45) is 0 Å². The Hall–Kier alpha value is -2.21. The molecular weight excluding hydrogens is 268 g/mol. The number of carboxylic acid groups (broad SMARTS) is 1. The monoisotopic (exact) mass is 286 g/mol. The minimum Gasteiger partial charge on any atom is -0.476 e. The topological polar surface area (TPSA) is 80.0 Å². The maximum atomic E-state index is 10.7. The number of hydrogen-bond acceptors (Lipinski definition) is 4. The molecule has 2 N–H and O–H groups in total. The molecule has 3 rings (SSSR count). The lowest BCUT2D eigenvalue weighted by Gasteiger charge is -2.26.